The zero-order valence-corrected chi connectivity index (χ0v) is 13.8. The summed E-state index contributed by atoms with van der Waals surface area (Å²) in [5.41, 5.74) is 1.94. The van der Waals surface area contributed by atoms with Crippen LogP contribution in [0.4, 0.5) is 5.69 Å². The first kappa shape index (κ1) is 17.6. The predicted molar refractivity (Wildman–Crippen MR) is 89.6 cm³/mol. The van der Waals surface area contributed by atoms with E-state index in [-0.39, 0.29) is 17.6 Å². The van der Waals surface area contributed by atoms with Gasteiger partial charge in [0.25, 0.3) is 0 Å². The van der Waals surface area contributed by atoms with Crippen LogP contribution in [0, 0.1) is 12.8 Å². The number of aryl methyl sites for hydroxylation is 1. The minimum Gasteiger partial charge on any atom is -0.355 e. The number of hydrogen-bond acceptors (Lipinski definition) is 3. The van der Waals surface area contributed by atoms with Gasteiger partial charge >= 0.3 is 0 Å². The van der Waals surface area contributed by atoms with Crippen LogP contribution in [0.5, 0.6) is 0 Å². The number of benzene rings is 1. The molecule has 0 atom stereocenters. The maximum atomic E-state index is 11.7. The Labute approximate surface area is 131 Å². The van der Waals surface area contributed by atoms with Gasteiger partial charge in [-0.2, -0.15) is 0 Å². The second-order valence-electron chi connectivity index (χ2n) is 5.44. The predicted octanol–water partition coefficient (Wildman–Crippen LogP) is 2.83. The molecule has 2 amide bonds. The fourth-order valence-electron chi connectivity index (χ4n) is 1.62. The van der Waals surface area contributed by atoms with E-state index >= 15 is 0 Å². The average Bonchev–Trinajstić information content (AvgIpc) is 2.41. The van der Waals surface area contributed by atoms with Crippen LogP contribution in [-0.2, 0) is 9.59 Å². The topological polar surface area (TPSA) is 58.2 Å². The third-order valence-electron chi connectivity index (χ3n) is 2.85. The van der Waals surface area contributed by atoms with Crippen LogP contribution in [0.25, 0.3) is 0 Å². The molecule has 0 saturated carbocycles. The number of hydrogen-bond donors (Lipinski definition) is 2. The molecule has 0 heterocycles. The lowest BCUT2D eigenvalue weighted by atomic mass is 10.1. The highest BCUT2D eigenvalue weighted by molar-refractivity contribution is 8.00. The summed E-state index contributed by atoms with van der Waals surface area (Å²) >= 11 is 1.33. The van der Waals surface area contributed by atoms with Crippen LogP contribution in [0.2, 0.25) is 0 Å². The van der Waals surface area contributed by atoms with Gasteiger partial charge in [0.15, 0.2) is 0 Å². The smallest absolute Gasteiger partial charge is 0.234 e. The van der Waals surface area contributed by atoms with Crippen molar-refractivity contribution in [3.05, 3.63) is 29.8 Å². The Kier molecular flexibility index (Phi) is 7.90. The van der Waals surface area contributed by atoms with Crippen LogP contribution >= 0.6 is 11.8 Å². The molecule has 0 aliphatic carbocycles. The van der Waals surface area contributed by atoms with Crippen LogP contribution in [0.3, 0.4) is 0 Å². The first-order valence-corrected chi connectivity index (χ1v) is 8.34. The van der Waals surface area contributed by atoms with Gasteiger partial charge in [-0.05, 0) is 31.4 Å². The van der Waals surface area contributed by atoms with E-state index in [4.69, 9.17) is 0 Å². The Morgan fingerprint density at radius 2 is 1.71 bits per heavy atom. The monoisotopic (exact) mass is 308 g/mol. The van der Waals surface area contributed by atoms with E-state index in [2.05, 4.69) is 24.5 Å². The van der Waals surface area contributed by atoms with Gasteiger partial charge in [0, 0.05) is 12.2 Å². The Bertz CT molecular complexity index is 458. The van der Waals surface area contributed by atoms with Crippen molar-refractivity contribution in [2.75, 3.05) is 23.4 Å². The summed E-state index contributed by atoms with van der Waals surface area (Å²) in [6.07, 6.45) is 0.977. The largest absolute Gasteiger partial charge is 0.355 e. The minimum atomic E-state index is -0.0844. The zero-order valence-electron chi connectivity index (χ0n) is 12.9. The van der Waals surface area contributed by atoms with Crippen molar-refractivity contribution in [2.24, 2.45) is 5.92 Å². The van der Waals surface area contributed by atoms with E-state index < -0.39 is 0 Å². The highest BCUT2D eigenvalue weighted by atomic mass is 32.2. The molecule has 4 nitrogen and oxygen atoms in total. The molecule has 0 aliphatic heterocycles. The van der Waals surface area contributed by atoms with Crippen molar-refractivity contribution < 1.29 is 9.59 Å². The molecular weight excluding hydrogens is 284 g/mol. The summed E-state index contributed by atoms with van der Waals surface area (Å²) in [6.45, 7) is 6.94. The Hall–Kier alpha value is -1.49. The number of thioether (sulfide) groups is 1. The first-order valence-electron chi connectivity index (χ1n) is 7.18. The van der Waals surface area contributed by atoms with Crippen molar-refractivity contribution in [3.8, 4) is 0 Å². The van der Waals surface area contributed by atoms with Gasteiger partial charge in [0.05, 0.1) is 11.5 Å². The number of anilines is 1. The van der Waals surface area contributed by atoms with Gasteiger partial charge in [-0.3, -0.25) is 9.59 Å². The van der Waals surface area contributed by atoms with Crippen LogP contribution in [-0.4, -0.2) is 29.9 Å². The lowest BCUT2D eigenvalue weighted by Gasteiger charge is -2.07. The third kappa shape index (κ3) is 8.40. The molecule has 0 aliphatic rings. The summed E-state index contributed by atoms with van der Waals surface area (Å²) in [5, 5.41) is 5.66. The fraction of sp³-hybridized carbons (Fsp3) is 0.500. The van der Waals surface area contributed by atoms with Crippen molar-refractivity contribution >= 4 is 29.3 Å². The number of carbonyl (C=O) groups excluding carboxylic acids is 2. The number of carbonyl (C=O) groups is 2. The Balaban J connectivity index is 2.15. The van der Waals surface area contributed by atoms with Gasteiger partial charge in [-0.25, -0.2) is 0 Å². The third-order valence-corrected chi connectivity index (χ3v) is 3.78. The molecule has 1 rings (SSSR count). The van der Waals surface area contributed by atoms with Crippen molar-refractivity contribution in [1.29, 1.82) is 0 Å². The first-order chi connectivity index (χ1) is 9.97. The molecule has 116 valence electrons. The Morgan fingerprint density at radius 3 is 2.33 bits per heavy atom. The van der Waals surface area contributed by atoms with E-state index in [0.717, 1.165) is 17.7 Å². The molecule has 0 bridgehead atoms. The van der Waals surface area contributed by atoms with E-state index in [9.17, 15) is 9.59 Å². The van der Waals surface area contributed by atoms with Gasteiger partial charge < -0.3 is 10.6 Å². The van der Waals surface area contributed by atoms with Crippen LogP contribution < -0.4 is 10.6 Å². The maximum absolute atomic E-state index is 11.7. The van der Waals surface area contributed by atoms with Gasteiger partial charge in [0.1, 0.15) is 0 Å². The molecule has 0 aromatic heterocycles. The average molecular weight is 308 g/mol. The Morgan fingerprint density at radius 1 is 1.10 bits per heavy atom. The van der Waals surface area contributed by atoms with E-state index in [0.29, 0.717) is 18.2 Å². The van der Waals surface area contributed by atoms with Crippen molar-refractivity contribution in [2.45, 2.75) is 27.2 Å². The van der Waals surface area contributed by atoms with Gasteiger partial charge in [-0.15, -0.1) is 11.8 Å². The molecule has 0 spiro atoms. The van der Waals surface area contributed by atoms with E-state index in [1.54, 1.807) is 0 Å². The lowest BCUT2D eigenvalue weighted by Crippen LogP contribution is -2.27. The summed E-state index contributed by atoms with van der Waals surface area (Å²) in [6, 6.07) is 7.64. The maximum Gasteiger partial charge on any atom is 0.234 e. The van der Waals surface area contributed by atoms with E-state index in [1.165, 1.54) is 11.8 Å². The molecule has 0 radical (unpaired) electrons. The lowest BCUT2D eigenvalue weighted by molar-refractivity contribution is -0.118. The molecule has 21 heavy (non-hydrogen) atoms. The van der Waals surface area contributed by atoms with Crippen molar-refractivity contribution in [1.82, 2.24) is 5.32 Å². The summed E-state index contributed by atoms with van der Waals surface area (Å²) in [4.78, 5) is 23.3. The second-order valence-corrected chi connectivity index (χ2v) is 6.43. The van der Waals surface area contributed by atoms with Gasteiger partial charge in [0.2, 0.25) is 11.8 Å². The number of rotatable bonds is 8. The fourth-order valence-corrected chi connectivity index (χ4v) is 2.27. The summed E-state index contributed by atoms with van der Waals surface area (Å²) in [5.74, 6) is 1.09. The van der Waals surface area contributed by atoms with Crippen LogP contribution in [0.15, 0.2) is 24.3 Å². The number of amides is 2. The molecule has 0 saturated heterocycles. The normalized spacial score (nSPS) is 10.5. The summed E-state index contributed by atoms with van der Waals surface area (Å²) < 4.78 is 0. The zero-order chi connectivity index (χ0) is 15.7. The summed E-state index contributed by atoms with van der Waals surface area (Å²) in [7, 11) is 0. The molecule has 1 aromatic carbocycles. The highest BCUT2D eigenvalue weighted by Crippen LogP contribution is 2.09. The molecule has 5 heteroatoms. The SMILES string of the molecule is Cc1ccc(NC(=O)CSCC(=O)NCCC(C)C)cc1. The van der Waals surface area contributed by atoms with Gasteiger partial charge in [-0.1, -0.05) is 31.5 Å². The minimum absolute atomic E-state index is 0.0104. The quantitative estimate of drug-likeness (QED) is 0.776. The molecule has 2 N–H and O–H groups in total. The molecule has 1 aromatic rings. The second kappa shape index (κ2) is 9.45. The number of nitrogens with one attached hydrogen (secondary N) is 2. The highest BCUT2D eigenvalue weighted by Gasteiger charge is 2.06. The molecule has 0 fully saturated rings. The molecule has 0 unspecified atom stereocenters. The van der Waals surface area contributed by atoms with Crippen molar-refractivity contribution in [3.63, 3.8) is 0 Å². The molecular formula is C16H24N2O2S. The van der Waals surface area contributed by atoms with E-state index in [1.807, 2.05) is 31.2 Å². The standard InChI is InChI=1S/C16H24N2O2S/c1-12(2)8-9-17-15(19)10-21-11-16(20)18-14-6-4-13(3)5-7-14/h4-7,12H,8-11H2,1-3H3,(H,17,19)(H,18,20). The van der Waals surface area contributed by atoms with Crippen LogP contribution in [0.1, 0.15) is 25.8 Å².